The molecule has 0 aromatic carbocycles. The Morgan fingerprint density at radius 3 is 3.40 bits per heavy atom. The van der Waals surface area contributed by atoms with Crippen molar-refractivity contribution in [3.8, 4) is 0 Å². The first-order valence-electron chi connectivity index (χ1n) is 2.97. The molecule has 0 N–H and O–H groups in total. The molecule has 0 saturated carbocycles. The minimum absolute atomic E-state index is 0.653. The summed E-state index contributed by atoms with van der Waals surface area (Å²) >= 11 is 0. The van der Waals surface area contributed by atoms with Crippen molar-refractivity contribution in [1.82, 2.24) is 14.4 Å². The van der Waals surface area contributed by atoms with Crippen LogP contribution in [-0.2, 0) is 0 Å². The lowest BCUT2D eigenvalue weighted by Gasteiger charge is -1.90. The number of rotatable bonds is 0. The number of aromatic nitrogens is 3. The van der Waals surface area contributed by atoms with Gasteiger partial charge in [-0.2, -0.15) is 4.98 Å². The lowest BCUT2D eigenvalue weighted by Crippen LogP contribution is -1.88. The average Bonchev–Trinajstić information content (AvgIpc) is 2.33. The lowest BCUT2D eigenvalue weighted by atomic mass is 10.5. The molecule has 0 spiro atoms. The van der Waals surface area contributed by atoms with Crippen LogP contribution in [0.5, 0.6) is 0 Å². The molecule has 0 saturated heterocycles. The number of hydrogen-bond acceptors (Lipinski definition) is 2. The third-order valence-electron chi connectivity index (χ3n) is 1.28. The minimum atomic E-state index is 0.653. The maximum Gasteiger partial charge on any atom is 0.250 e. The van der Waals surface area contributed by atoms with Crippen LogP contribution in [0.15, 0.2) is 12.3 Å². The lowest BCUT2D eigenvalue weighted by molar-refractivity contribution is 1.06. The molecule has 2 heterocycles. The Labute approximate surface area is 58.4 Å². The molecule has 2 rings (SSSR count). The van der Waals surface area contributed by atoms with E-state index in [-0.39, 0.29) is 0 Å². The SMILES string of the molecule is Cc1ccn2c#cnc2n1. The molecule has 3 nitrogen and oxygen atoms in total. The quantitative estimate of drug-likeness (QED) is 0.525. The van der Waals surface area contributed by atoms with Gasteiger partial charge in [0, 0.05) is 18.1 Å². The van der Waals surface area contributed by atoms with Gasteiger partial charge < -0.3 is 0 Å². The normalized spacial score (nSPS) is 9.70. The fourth-order valence-corrected chi connectivity index (χ4v) is 0.793. The molecule has 0 amide bonds. The van der Waals surface area contributed by atoms with Gasteiger partial charge in [0.15, 0.2) is 0 Å². The molecule has 0 aliphatic carbocycles. The molecule has 2 aromatic rings. The highest BCUT2D eigenvalue weighted by atomic mass is 15.1. The van der Waals surface area contributed by atoms with Crippen LogP contribution in [0.3, 0.4) is 0 Å². The van der Waals surface area contributed by atoms with Crippen molar-refractivity contribution in [2.75, 3.05) is 0 Å². The fourth-order valence-electron chi connectivity index (χ4n) is 0.793. The molecule has 0 aliphatic heterocycles. The molecule has 0 atom stereocenters. The molecule has 3 heteroatoms. The van der Waals surface area contributed by atoms with Crippen LogP contribution in [-0.4, -0.2) is 14.4 Å². The van der Waals surface area contributed by atoms with E-state index in [1.54, 1.807) is 4.40 Å². The van der Waals surface area contributed by atoms with Crippen LogP contribution in [0.4, 0.5) is 0 Å². The summed E-state index contributed by atoms with van der Waals surface area (Å²) in [7, 11) is 0. The second-order valence-electron chi connectivity index (χ2n) is 2.07. The van der Waals surface area contributed by atoms with Gasteiger partial charge in [0.1, 0.15) is 0 Å². The van der Waals surface area contributed by atoms with Crippen molar-refractivity contribution in [2.24, 2.45) is 0 Å². The van der Waals surface area contributed by atoms with Crippen LogP contribution >= 0.6 is 0 Å². The van der Waals surface area contributed by atoms with Crippen molar-refractivity contribution >= 4 is 5.78 Å². The zero-order valence-electron chi connectivity index (χ0n) is 5.50. The highest BCUT2D eigenvalue weighted by molar-refractivity contribution is 5.25. The van der Waals surface area contributed by atoms with E-state index in [1.807, 2.05) is 19.2 Å². The summed E-state index contributed by atoms with van der Waals surface area (Å²) in [6.07, 6.45) is 7.22. The van der Waals surface area contributed by atoms with Gasteiger partial charge in [-0.25, -0.2) is 9.38 Å². The number of nitrogens with zero attached hydrogens (tertiary/aromatic N) is 3. The molecule has 10 heavy (non-hydrogen) atoms. The zero-order valence-corrected chi connectivity index (χ0v) is 5.50. The average molecular weight is 131 g/mol. The van der Waals surface area contributed by atoms with Crippen molar-refractivity contribution in [3.05, 3.63) is 30.4 Å². The molecular weight excluding hydrogens is 126 g/mol. The van der Waals surface area contributed by atoms with Gasteiger partial charge in [-0.3, -0.25) is 0 Å². The Hall–Kier alpha value is -1.56. The molecule has 0 radical (unpaired) electrons. The first kappa shape index (κ1) is 5.24. The summed E-state index contributed by atoms with van der Waals surface area (Å²) in [5.74, 6) is 0.653. The van der Waals surface area contributed by atoms with Crippen molar-refractivity contribution in [3.63, 3.8) is 0 Å². The smallest absolute Gasteiger partial charge is 0.242 e. The van der Waals surface area contributed by atoms with E-state index in [0.717, 1.165) is 5.69 Å². The standard InChI is InChI=1S/C7H5N3/c1-6-2-4-10-5-3-8-7(10)9-6/h2,4H,1H3. The van der Waals surface area contributed by atoms with E-state index in [1.165, 1.54) is 0 Å². The van der Waals surface area contributed by atoms with E-state index in [4.69, 9.17) is 0 Å². The van der Waals surface area contributed by atoms with Crippen molar-refractivity contribution in [2.45, 2.75) is 6.92 Å². The first-order chi connectivity index (χ1) is 4.86. The first-order valence-corrected chi connectivity index (χ1v) is 2.97. The predicted octanol–water partition coefficient (Wildman–Crippen LogP) is 0.638. The summed E-state index contributed by atoms with van der Waals surface area (Å²) < 4.78 is 1.70. The fraction of sp³-hybridized carbons (Fsp3) is 0.143. The zero-order chi connectivity index (χ0) is 6.97. The Morgan fingerprint density at radius 2 is 2.50 bits per heavy atom. The topological polar surface area (TPSA) is 30.2 Å². The summed E-state index contributed by atoms with van der Waals surface area (Å²) in [4.78, 5) is 7.98. The molecule has 2 aromatic heterocycles. The highest BCUT2D eigenvalue weighted by Gasteiger charge is 1.91. The van der Waals surface area contributed by atoms with Gasteiger partial charge >= 0.3 is 0 Å². The van der Waals surface area contributed by atoms with Gasteiger partial charge in [0.2, 0.25) is 0 Å². The van der Waals surface area contributed by atoms with E-state index in [9.17, 15) is 0 Å². The van der Waals surface area contributed by atoms with Crippen molar-refractivity contribution in [1.29, 1.82) is 0 Å². The minimum Gasteiger partial charge on any atom is -0.242 e. The Morgan fingerprint density at radius 1 is 1.60 bits per heavy atom. The molecule has 0 unspecified atom stereocenters. The summed E-state index contributed by atoms with van der Waals surface area (Å²) in [5.41, 5.74) is 0.959. The second-order valence-corrected chi connectivity index (χ2v) is 2.07. The number of hydrogen-bond donors (Lipinski definition) is 0. The second kappa shape index (κ2) is 1.71. The third-order valence-corrected chi connectivity index (χ3v) is 1.28. The highest BCUT2D eigenvalue weighted by Crippen LogP contribution is 1.94. The Balaban J connectivity index is 2.86. The summed E-state index contributed by atoms with van der Waals surface area (Å²) in [5, 5.41) is 0. The van der Waals surface area contributed by atoms with E-state index in [2.05, 4.69) is 22.4 Å². The Bertz CT molecular complexity index is 350. The third kappa shape index (κ3) is 0.627. The van der Waals surface area contributed by atoms with Crippen LogP contribution < -0.4 is 0 Å². The largest absolute Gasteiger partial charge is 0.250 e. The van der Waals surface area contributed by atoms with Gasteiger partial charge in [0.25, 0.3) is 5.78 Å². The van der Waals surface area contributed by atoms with Crippen LogP contribution in [0.2, 0.25) is 0 Å². The molecular formula is C7H5N3. The summed E-state index contributed by atoms with van der Waals surface area (Å²) in [6.45, 7) is 1.93. The maximum absolute atomic E-state index is 4.12. The van der Waals surface area contributed by atoms with E-state index < -0.39 is 0 Å². The molecule has 0 fully saturated rings. The molecule has 48 valence electrons. The molecule has 0 bridgehead atoms. The van der Waals surface area contributed by atoms with Gasteiger partial charge in [-0.05, 0) is 13.0 Å². The monoisotopic (exact) mass is 131 g/mol. The van der Waals surface area contributed by atoms with Crippen LogP contribution in [0.25, 0.3) is 5.78 Å². The van der Waals surface area contributed by atoms with Crippen LogP contribution in [0.1, 0.15) is 5.69 Å². The van der Waals surface area contributed by atoms with Crippen LogP contribution in [0, 0.1) is 19.3 Å². The van der Waals surface area contributed by atoms with Gasteiger partial charge in [-0.15, -0.1) is 0 Å². The number of fused-ring (bicyclic) bond motifs is 1. The Kier molecular flexibility index (Phi) is 0.896. The predicted molar refractivity (Wildman–Crippen MR) is 35.4 cm³/mol. The number of aryl methyl sites for hydroxylation is 1. The van der Waals surface area contributed by atoms with Gasteiger partial charge in [0.05, 0.1) is 6.20 Å². The van der Waals surface area contributed by atoms with Gasteiger partial charge in [-0.1, -0.05) is 0 Å². The molecule has 0 aliphatic rings. The van der Waals surface area contributed by atoms with E-state index >= 15 is 0 Å². The van der Waals surface area contributed by atoms with E-state index in [0.29, 0.717) is 5.78 Å². The maximum atomic E-state index is 4.12. The van der Waals surface area contributed by atoms with Crippen molar-refractivity contribution < 1.29 is 0 Å². The summed E-state index contributed by atoms with van der Waals surface area (Å²) in [6, 6.07) is 1.90.